The first-order valence-electron chi connectivity index (χ1n) is 7.23. The molecule has 2 N–H and O–H groups in total. The molecule has 0 bridgehead atoms. The van der Waals surface area contributed by atoms with E-state index in [9.17, 15) is 4.79 Å². The lowest BCUT2D eigenvalue weighted by atomic mass is 9.87. The van der Waals surface area contributed by atoms with E-state index in [2.05, 4.69) is 0 Å². The van der Waals surface area contributed by atoms with Crippen molar-refractivity contribution in [2.24, 2.45) is 0 Å². The highest BCUT2D eigenvalue weighted by Gasteiger charge is 2.19. The molecule has 3 heteroatoms. The third-order valence-corrected chi connectivity index (χ3v) is 4.02. The summed E-state index contributed by atoms with van der Waals surface area (Å²) in [6.07, 6.45) is 5.95. The average molecular weight is 269 g/mol. The van der Waals surface area contributed by atoms with E-state index in [0.717, 1.165) is 29.7 Å². The molecule has 104 valence electrons. The van der Waals surface area contributed by atoms with Crippen molar-refractivity contribution in [2.75, 3.05) is 5.73 Å². The number of nitrogens with two attached hydrogens (primary N) is 1. The molecule has 1 heterocycles. The van der Waals surface area contributed by atoms with Gasteiger partial charge in [0, 0.05) is 17.7 Å². The fourth-order valence-corrected chi connectivity index (χ4v) is 2.97. The lowest BCUT2D eigenvalue weighted by Crippen LogP contribution is -2.08. The number of anilines is 1. The van der Waals surface area contributed by atoms with Crippen LogP contribution in [0.1, 0.15) is 43.8 Å². The zero-order chi connectivity index (χ0) is 13.9. The molecule has 0 atom stereocenters. The minimum atomic E-state index is -0.273. The van der Waals surface area contributed by atoms with Crippen molar-refractivity contribution in [1.29, 1.82) is 0 Å². The van der Waals surface area contributed by atoms with Gasteiger partial charge in [-0.25, -0.2) is 4.79 Å². The molecule has 0 radical (unpaired) electrons. The lowest BCUT2D eigenvalue weighted by molar-refractivity contribution is 0.355. The van der Waals surface area contributed by atoms with Crippen LogP contribution in [0.4, 0.5) is 5.69 Å². The predicted molar refractivity (Wildman–Crippen MR) is 80.7 cm³/mol. The fourth-order valence-electron chi connectivity index (χ4n) is 2.97. The van der Waals surface area contributed by atoms with Crippen LogP contribution in [0.5, 0.6) is 0 Å². The maximum Gasteiger partial charge on any atom is 0.336 e. The van der Waals surface area contributed by atoms with Crippen molar-refractivity contribution in [3.8, 4) is 11.1 Å². The summed E-state index contributed by atoms with van der Waals surface area (Å²) in [5, 5.41) is 0. The van der Waals surface area contributed by atoms with Gasteiger partial charge in [-0.3, -0.25) is 0 Å². The van der Waals surface area contributed by atoms with Crippen molar-refractivity contribution >= 4 is 5.69 Å². The lowest BCUT2D eigenvalue weighted by Gasteiger charge is -2.20. The molecular formula is C17H19NO2. The standard InChI is InChI=1S/C17H19NO2/c18-15-8-4-7-13(9-15)14-10-16(20-17(19)11-14)12-5-2-1-3-6-12/h4,7-12H,1-3,5-6,18H2. The molecule has 1 fully saturated rings. The minimum Gasteiger partial charge on any atom is -0.428 e. The summed E-state index contributed by atoms with van der Waals surface area (Å²) in [6.45, 7) is 0. The first-order chi connectivity index (χ1) is 9.72. The summed E-state index contributed by atoms with van der Waals surface area (Å²) in [7, 11) is 0. The Balaban J connectivity index is 2.00. The Morgan fingerprint density at radius 3 is 2.55 bits per heavy atom. The molecule has 1 aromatic heterocycles. The van der Waals surface area contributed by atoms with Gasteiger partial charge in [0.15, 0.2) is 0 Å². The molecule has 2 aromatic rings. The van der Waals surface area contributed by atoms with Crippen LogP contribution in [-0.4, -0.2) is 0 Å². The molecule has 0 saturated heterocycles. The SMILES string of the molecule is Nc1cccc(-c2cc(C3CCCCC3)oc(=O)c2)c1. The van der Waals surface area contributed by atoms with Crippen LogP contribution in [0.25, 0.3) is 11.1 Å². The highest BCUT2D eigenvalue weighted by molar-refractivity contribution is 5.67. The number of hydrogen-bond donors (Lipinski definition) is 1. The van der Waals surface area contributed by atoms with E-state index in [1.165, 1.54) is 19.3 Å². The number of rotatable bonds is 2. The Hall–Kier alpha value is -2.03. The topological polar surface area (TPSA) is 56.2 Å². The quantitative estimate of drug-likeness (QED) is 0.840. The smallest absolute Gasteiger partial charge is 0.336 e. The number of hydrogen-bond acceptors (Lipinski definition) is 3. The summed E-state index contributed by atoms with van der Waals surface area (Å²) in [5.74, 6) is 1.21. The maximum absolute atomic E-state index is 11.8. The van der Waals surface area contributed by atoms with Gasteiger partial charge in [-0.1, -0.05) is 31.4 Å². The normalized spacial score (nSPS) is 16.2. The molecule has 1 aromatic carbocycles. The molecular weight excluding hydrogens is 250 g/mol. The van der Waals surface area contributed by atoms with Gasteiger partial charge in [0.05, 0.1) is 0 Å². The van der Waals surface area contributed by atoms with Crippen LogP contribution in [0, 0.1) is 0 Å². The van der Waals surface area contributed by atoms with Crippen LogP contribution < -0.4 is 11.4 Å². The number of benzene rings is 1. The van der Waals surface area contributed by atoms with E-state index in [-0.39, 0.29) is 5.63 Å². The van der Waals surface area contributed by atoms with E-state index >= 15 is 0 Å². The second kappa shape index (κ2) is 5.53. The molecule has 1 aliphatic rings. The molecule has 0 spiro atoms. The maximum atomic E-state index is 11.8. The van der Waals surface area contributed by atoms with Crippen molar-refractivity contribution in [2.45, 2.75) is 38.0 Å². The monoisotopic (exact) mass is 269 g/mol. The highest BCUT2D eigenvalue weighted by atomic mass is 16.4. The second-order valence-electron chi connectivity index (χ2n) is 5.53. The second-order valence-corrected chi connectivity index (χ2v) is 5.53. The molecule has 0 amide bonds. The van der Waals surface area contributed by atoms with Gasteiger partial charge in [0.25, 0.3) is 0 Å². The molecule has 1 aliphatic carbocycles. The van der Waals surface area contributed by atoms with Crippen LogP contribution in [-0.2, 0) is 0 Å². The van der Waals surface area contributed by atoms with Crippen molar-refractivity contribution < 1.29 is 4.42 Å². The van der Waals surface area contributed by atoms with E-state index in [1.807, 2.05) is 30.3 Å². The zero-order valence-electron chi connectivity index (χ0n) is 11.5. The van der Waals surface area contributed by atoms with Crippen LogP contribution in [0.2, 0.25) is 0 Å². The Kier molecular flexibility index (Phi) is 3.59. The third-order valence-electron chi connectivity index (χ3n) is 4.02. The van der Waals surface area contributed by atoms with Crippen molar-refractivity contribution in [3.05, 3.63) is 52.6 Å². The Morgan fingerprint density at radius 1 is 1.00 bits per heavy atom. The van der Waals surface area contributed by atoms with Crippen LogP contribution in [0.3, 0.4) is 0 Å². The van der Waals surface area contributed by atoms with Gasteiger partial charge < -0.3 is 10.2 Å². The first kappa shape index (κ1) is 13.0. The minimum absolute atomic E-state index is 0.273. The van der Waals surface area contributed by atoms with E-state index < -0.39 is 0 Å². The van der Waals surface area contributed by atoms with Crippen molar-refractivity contribution in [3.63, 3.8) is 0 Å². The summed E-state index contributed by atoms with van der Waals surface area (Å²) in [5.41, 5.74) is 8.11. The van der Waals surface area contributed by atoms with Crippen LogP contribution in [0.15, 0.2) is 45.6 Å². The Morgan fingerprint density at radius 2 is 1.80 bits per heavy atom. The Bertz CT molecular complexity index is 654. The molecule has 0 unspecified atom stereocenters. The van der Waals surface area contributed by atoms with Gasteiger partial charge in [-0.15, -0.1) is 0 Å². The molecule has 3 rings (SSSR count). The summed E-state index contributed by atoms with van der Waals surface area (Å²) in [4.78, 5) is 11.8. The molecule has 1 saturated carbocycles. The average Bonchev–Trinajstić information content (AvgIpc) is 2.47. The molecule has 3 nitrogen and oxygen atoms in total. The van der Waals surface area contributed by atoms with E-state index in [1.54, 1.807) is 6.07 Å². The molecule has 20 heavy (non-hydrogen) atoms. The van der Waals surface area contributed by atoms with E-state index in [4.69, 9.17) is 10.2 Å². The zero-order valence-corrected chi connectivity index (χ0v) is 11.5. The highest BCUT2D eigenvalue weighted by Crippen LogP contribution is 2.33. The fraction of sp³-hybridized carbons (Fsp3) is 0.353. The summed E-state index contributed by atoms with van der Waals surface area (Å²) < 4.78 is 5.42. The van der Waals surface area contributed by atoms with Crippen molar-refractivity contribution in [1.82, 2.24) is 0 Å². The number of nitrogen functional groups attached to an aromatic ring is 1. The largest absolute Gasteiger partial charge is 0.428 e. The van der Waals surface area contributed by atoms with Gasteiger partial charge in [-0.2, -0.15) is 0 Å². The summed E-state index contributed by atoms with van der Waals surface area (Å²) >= 11 is 0. The van der Waals surface area contributed by atoms with E-state index in [0.29, 0.717) is 11.6 Å². The first-order valence-corrected chi connectivity index (χ1v) is 7.23. The van der Waals surface area contributed by atoms with Gasteiger partial charge >= 0.3 is 5.63 Å². The summed E-state index contributed by atoms with van der Waals surface area (Å²) in [6, 6.07) is 11.2. The molecule has 0 aliphatic heterocycles. The third kappa shape index (κ3) is 2.77. The van der Waals surface area contributed by atoms with Gasteiger partial charge in [-0.05, 0) is 42.2 Å². The van der Waals surface area contributed by atoms with Crippen LogP contribution >= 0.6 is 0 Å². The van der Waals surface area contributed by atoms with Gasteiger partial charge in [0.2, 0.25) is 0 Å². The predicted octanol–water partition coefficient (Wildman–Crippen LogP) is 3.94. The Labute approximate surface area is 118 Å². The van der Waals surface area contributed by atoms with Gasteiger partial charge in [0.1, 0.15) is 5.76 Å².